The molecule has 5 nitrogen and oxygen atoms in total. The minimum absolute atomic E-state index is 0.131. The van der Waals surface area contributed by atoms with Gasteiger partial charge in [0.15, 0.2) is 5.78 Å². The van der Waals surface area contributed by atoms with Gasteiger partial charge in [-0.2, -0.15) is 0 Å². The summed E-state index contributed by atoms with van der Waals surface area (Å²) in [4.78, 5) is 19.8. The summed E-state index contributed by atoms with van der Waals surface area (Å²) < 4.78 is 5.36. The molecule has 1 aromatic heterocycles. The Kier molecular flexibility index (Phi) is 4.11. The molecule has 1 aliphatic carbocycles. The SMILES string of the molecule is CC1(C)c2ccc(C3CCN(C4COC4)CC3)cc2C(=O)c2c1[nH]c1cc(N)ccc21. The number of fused-ring (bicyclic) bond motifs is 4. The zero-order chi connectivity index (χ0) is 21.3. The molecule has 5 heteroatoms. The molecule has 0 saturated carbocycles. The number of aromatic amines is 1. The van der Waals surface area contributed by atoms with Crippen molar-refractivity contribution >= 4 is 22.4 Å². The molecule has 6 rings (SSSR count). The Labute approximate surface area is 182 Å². The van der Waals surface area contributed by atoms with Gasteiger partial charge in [-0.05, 0) is 61.2 Å². The topological polar surface area (TPSA) is 71.3 Å². The largest absolute Gasteiger partial charge is 0.399 e. The van der Waals surface area contributed by atoms with Gasteiger partial charge >= 0.3 is 0 Å². The monoisotopic (exact) mass is 415 g/mol. The average Bonchev–Trinajstić information content (AvgIpc) is 3.11. The Balaban J connectivity index is 1.37. The molecule has 0 amide bonds. The quantitative estimate of drug-likeness (QED) is 0.616. The van der Waals surface area contributed by atoms with Crippen molar-refractivity contribution in [3.05, 3.63) is 64.3 Å². The van der Waals surface area contributed by atoms with Crippen LogP contribution in [0.2, 0.25) is 0 Å². The number of anilines is 1. The molecule has 0 radical (unpaired) electrons. The first kappa shape index (κ1) is 19.1. The first-order valence-corrected chi connectivity index (χ1v) is 11.4. The lowest BCUT2D eigenvalue weighted by molar-refractivity contribution is -0.0712. The molecule has 3 heterocycles. The van der Waals surface area contributed by atoms with Crippen molar-refractivity contribution in [1.82, 2.24) is 9.88 Å². The number of rotatable bonds is 2. The van der Waals surface area contributed by atoms with Crippen LogP contribution >= 0.6 is 0 Å². The maximum Gasteiger partial charge on any atom is 0.195 e. The molecule has 31 heavy (non-hydrogen) atoms. The van der Waals surface area contributed by atoms with Crippen LogP contribution in [-0.2, 0) is 10.2 Å². The lowest BCUT2D eigenvalue weighted by Crippen LogP contribution is -2.51. The van der Waals surface area contributed by atoms with Gasteiger partial charge in [0.05, 0.1) is 24.8 Å². The zero-order valence-corrected chi connectivity index (χ0v) is 18.2. The number of carbonyl (C=O) groups is 1. The van der Waals surface area contributed by atoms with Crippen molar-refractivity contribution < 1.29 is 9.53 Å². The second-order valence-corrected chi connectivity index (χ2v) is 9.94. The molecule has 2 aliphatic heterocycles. The highest BCUT2D eigenvalue weighted by Gasteiger charge is 2.40. The van der Waals surface area contributed by atoms with Crippen LogP contribution in [0.25, 0.3) is 10.9 Å². The second kappa shape index (κ2) is 6.68. The number of hydrogen-bond acceptors (Lipinski definition) is 4. The molecular weight excluding hydrogens is 386 g/mol. The number of nitrogens with two attached hydrogens (primary N) is 1. The van der Waals surface area contributed by atoms with E-state index in [1.165, 1.54) is 5.56 Å². The molecule has 2 saturated heterocycles. The second-order valence-electron chi connectivity index (χ2n) is 9.94. The molecule has 0 unspecified atom stereocenters. The molecule has 0 atom stereocenters. The smallest absolute Gasteiger partial charge is 0.195 e. The molecule has 3 N–H and O–H groups in total. The molecule has 2 fully saturated rings. The fraction of sp³-hybridized carbons (Fsp3) is 0.423. The number of aromatic nitrogens is 1. The van der Waals surface area contributed by atoms with Crippen LogP contribution in [0.1, 0.15) is 65.3 Å². The fourth-order valence-corrected chi connectivity index (χ4v) is 5.77. The van der Waals surface area contributed by atoms with Crippen LogP contribution in [-0.4, -0.2) is 48.0 Å². The molecule has 2 aromatic carbocycles. The van der Waals surface area contributed by atoms with Gasteiger partial charge in [-0.25, -0.2) is 0 Å². The summed E-state index contributed by atoms with van der Waals surface area (Å²) in [5.41, 5.74) is 12.5. The van der Waals surface area contributed by atoms with Gasteiger partial charge in [0, 0.05) is 33.3 Å². The number of nitrogens with one attached hydrogen (secondary N) is 1. The molecular formula is C26H29N3O2. The van der Waals surface area contributed by atoms with Crippen LogP contribution in [0, 0.1) is 0 Å². The van der Waals surface area contributed by atoms with Gasteiger partial charge < -0.3 is 15.5 Å². The highest BCUT2D eigenvalue weighted by Crippen LogP contribution is 2.45. The summed E-state index contributed by atoms with van der Waals surface area (Å²) in [7, 11) is 0. The summed E-state index contributed by atoms with van der Waals surface area (Å²) >= 11 is 0. The fourth-order valence-electron chi connectivity index (χ4n) is 5.77. The standard InChI is InChI=1S/C26H29N3O2/c1-26(2)21-6-3-16(15-7-9-29(10-8-15)18-13-31-14-18)11-20(21)24(30)23-19-5-4-17(27)12-22(19)28-25(23)26/h3-6,11-12,15,18,28H,7-10,13-14,27H2,1-2H3. The van der Waals surface area contributed by atoms with Crippen molar-refractivity contribution in [2.24, 2.45) is 0 Å². The van der Waals surface area contributed by atoms with Crippen LogP contribution < -0.4 is 5.73 Å². The molecule has 3 aromatic rings. The number of ether oxygens (including phenoxy) is 1. The molecule has 0 bridgehead atoms. The predicted octanol–water partition coefficient (Wildman–Crippen LogP) is 4.20. The van der Waals surface area contributed by atoms with E-state index < -0.39 is 0 Å². The van der Waals surface area contributed by atoms with Crippen molar-refractivity contribution in [2.75, 3.05) is 32.0 Å². The summed E-state index contributed by atoms with van der Waals surface area (Å²) in [6.07, 6.45) is 2.29. The number of H-pyrrole nitrogens is 1. The van der Waals surface area contributed by atoms with Gasteiger partial charge in [0.1, 0.15) is 0 Å². The Morgan fingerprint density at radius 3 is 2.58 bits per heavy atom. The van der Waals surface area contributed by atoms with Gasteiger partial charge in [0.25, 0.3) is 0 Å². The normalized spacial score (nSPS) is 21.7. The van der Waals surface area contributed by atoms with Gasteiger partial charge in [-0.15, -0.1) is 0 Å². The van der Waals surface area contributed by atoms with Gasteiger partial charge in [-0.3, -0.25) is 9.69 Å². The lowest BCUT2D eigenvalue weighted by atomic mass is 9.70. The van der Waals surface area contributed by atoms with Gasteiger partial charge in [0.2, 0.25) is 0 Å². The highest BCUT2D eigenvalue weighted by molar-refractivity contribution is 6.20. The lowest BCUT2D eigenvalue weighted by Gasteiger charge is -2.41. The maximum absolute atomic E-state index is 13.7. The van der Waals surface area contributed by atoms with E-state index in [4.69, 9.17) is 10.5 Å². The summed E-state index contributed by atoms with van der Waals surface area (Å²) in [5, 5.41) is 0.967. The maximum atomic E-state index is 13.7. The first-order valence-electron chi connectivity index (χ1n) is 11.4. The van der Waals surface area contributed by atoms with E-state index in [9.17, 15) is 4.79 Å². The van der Waals surface area contributed by atoms with E-state index in [-0.39, 0.29) is 11.2 Å². The molecule has 0 spiro atoms. The average molecular weight is 416 g/mol. The number of benzene rings is 2. The third kappa shape index (κ3) is 2.80. The number of carbonyl (C=O) groups excluding carboxylic acids is 1. The molecule has 160 valence electrons. The Morgan fingerprint density at radius 1 is 1.10 bits per heavy atom. The van der Waals surface area contributed by atoms with E-state index in [0.29, 0.717) is 17.6 Å². The minimum atomic E-state index is -0.265. The third-order valence-corrected chi connectivity index (χ3v) is 7.77. The predicted molar refractivity (Wildman–Crippen MR) is 123 cm³/mol. The van der Waals surface area contributed by atoms with Crippen molar-refractivity contribution in [2.45, 2.75) is 44.1 Å². The van der Waals surface area contributed by atoms with E-state index >= 15 is 0 Å². The highest BCUT2D eigenvalue weighted by atomic mass is 16.5. The number of hydrogen-bond donors (Lipinski definition) is 2. The summed E-state index contributed by atoms with van der Waals surface area (Å²) in [6.45, 7) is 8.40. The number of nitrogens with zero attached hydrogens (tertiary/aromatic N) is 1. The third-order valence-electron chi connectivity index (χ3n) is 7.77. The Morgan fingerprint density at radius 2 is 1.87 bits per heavy atom. The summed E-state index contributed by atoms with van der Waals surface area (Å²) in [5.74, 6) is 0.647. The van der Waals surface area contributed by atoms with Crippen LogP contribution in [0.3, 0.4) is 0 Å². The van der Waals surface area contributed by atoms with E-state index in [1.807, 2.05) is 18.2 Å². The summed E-state index contributed by atoms with van der Waals surface area (Å²) in [6, 6.07) is 13.0. The number of nitrogen functional groups attached to an aromatic ring is 1. The number of likely N-dealkylation sites (tertiary alicyclic amines) is 1. The molecule has 3 aliphatic rings. The number of ketones is 1. The van der Waals surface area contributed by atoms with Crippen LogP contribution in [0.15, 0.2) is 36.4 Å². The van der Waals surface area contributed by atoms with E-state index in [0.717, 1.165) is 72.4 Å². The van der Waals surface area contributed by atoms with Crippen LogP contribution in [0.5, 0.6) is 0 Å². The van der Waals surface area contributed by atoms with Crippen molar-refractivity contribution in [3.63, 3.8) is 0 Å². The van der Waals surface area contributed by atoms with Gasteiger partial charge in [-0.1, -0.05) is 32.0 Å². The van der Waals surface area contributed by atoms with E-state index in [1.54, 1.807) is 0 Å². The van der Waals surface area contributed by atoms with E-state index in [2.05, 4.69) is 41.9 Å². The number of piperidine rings is 1. The zero-order valence-electron chi connectivity index (χ0n) is 18.2. The van der Waals surface area contributed by atoms with Crippen LogP contribution in [0.4, 0.5) is 5.69 Å². The van der Waals surface area contributed by atoms with Crippen molar-refractivity contribution in [3.8, 4) is 0 Å². The van der Waals surface area contributed by atoms with Crippen molar-refractivity contribution in [1.29, 1.82) is 0 Å². The first-order chi connectivity index (χ1) is 14.9. The Hall–Kier alpha value is -2.63. The Bertz CT molecular complexity index is 1200. The minimum Gasteiger partial charge on any atom is -0.399 e.